The van der Waals surface area contributed by atoms with Gasteiger partial charge in [-0.15, -0.1) is 0 Å². The number of rotatable bonds is 8. The summed E-state index contributed by atoms with van der Waals surface area (Å²) < 4.78 is 46.0. The van der Waals surface area contributed by atoms with Crippen LogP contribution in [0.4, 0.5) is 18.9 Å². The number of fused-ring (bicyclic) bond motifs is 1. The maximum atomic E-state index is 13.5. The smallest absolute Gasteiger partial charge is 0.420 e. The molecule has 1 aromatic rings. The first-order valence-corrected chi connectivity index (χ1v) is 11.7. The van der Waals surface area contributed by atoms with Crippen LogP contribution in [0.15, 0.2) is 45.4 Å². The van der Waals surface area contributed by atoms with Crippen LogP contribution >= 0.6 is 23.5 Å². The van der Waals surface area contributed by atoms with Crippen LogP contribution in [0.25, 0.3) is 0 Å². The van der Waals surface area contributed by atoms with Crippen LogP contribution in [0.5, 0.6) is 5.75 Å². The molecule has 10 heteroatoms. The molecule has 3 aliphatic heterocycles. The summed E-state index contributed by atoms with van der Waals surface area (Å²) in [5, 5.41) is 11.5. The number of nitrogens with zero attached hydrogens (tertiary/aromatic N) is 2. The van der Waals surface area contributed by atoms with E-state index in [2.05, 4.69) is 20.5 Å². The summed E-state index contributed by atoms with van der Waals surface area (Å²) in [6.07, 6.45) is -1.82. The lowest BCUT2D eigenvalue weighted by atomic mass is 10.1. The first-order valence-electron chi connectivity index (χ1n) is 9.87. The average molecular weight is 457 g/mol. The van der Waals surface area contributed by atoms with Crippen LogP contribution in [0.1, 0.15) is 31.7 Å². The Kier molecular flexibility index (Phi) is 6.43. The molecule has 3 aliphatic rings. The Hall–Kier alpha value is -1.94. The lowest BCUT2D eigenvalue weighted by Crippen LogP contribution is -2.32. The maximum absolute atomic E-state index is 13.5. The van der Waals surface area contributed by atoms with Gasteiger partial charge in [0.05, 0.1) is 30.1 Å². The first kappa shape index (κ1) is 21.3. The molecule has 4 rings (SSSR count). The standard InChI is InChI=1S/C20H23F3N4OS2/c1-2-3-4-9-28-17-6-5-13(10-14(17)20(21,22)23)25-18-26-15(11-29-18)16-12-30-19-24-7-8-27(16)19/h5-6,10-12,18,25-26H,2-4,7-9H2,1H3. The van der Waals surface area contributed by atoms with E-state index >= 15 is 0 Å². The fourth-order valence-electron chi connectivity index (χ4n) is 3.33. The minimum atomic E-state index is -4.48. The molecule has 0 fully saturated rings. The first-order chi connectivity index (χ1) is 14.5. The minimum absolute atomic E-state index is 0.121. The Labute approximate surface area is 182 Å². The Morgan fingerprint density at radius 3 is 2.97 bits per heavy atom. The number of hydrogen-bond acceptors (Lipinski definition) is 7. The average Bonchev–Trinajstić information content (AvgIpc) is 3.42. The van der Waals surface area contributed by atoms with Crippen molar-refractivity contribution in [1.82, 2.24) is 10.2 Å². The van der Waals surface area contributed by atoms with Crippen molar-refractivity contribution >= 4 is 34.4 Å². The molecule has 3 heterocycles. The van der Waals surface area contributed by atoms with Crippen molar-refractivity contribution < 1.29 is 17.9 Å². The van der Waals surface area contributed by atoms with Crippen LogP contribution in [0.3, 0.4) is 0 Å². The zero-order chi connectivity index (χ0) is 21.1. The molecule has 0 saturated carbocycles. The monoisotopic (exact) mass is 456 g/mol. The molecular weight excluding hydrogens is 433 g/mol. The van der Waals surface area contributed by atoms with E-state index < -0.39 is 11.7 Å². The zero-order valence-corrected chi connectivity index (χ0v) is 18.1. The molecule has 0 radical (unpaired) electrons. The molecule has 0 amide bonds. The van der Waals surface area contributed by atoms with Crippen LogP contribution in [0.2, 0.25) is 0 Å². The Balaban J connectivity index is 1.39. The van der Waals surface area contributed by atoms with Gasteiger partial charge in [-0.2, -0.15) is 13.2 Å². The second kappa shape index (κ2) is 9.05. The van der Waals surface area contributed by atoms with Crippen molar-refractivity contribution in [2.45, 2.75) is 37.9 Å². The van der Waals surface area contributed by atoms with Crippen molar-refractivity contribution in [3.63, 3.8) is 0 Å². The Bertz CT molecular complexity index is 885. The van der Waals surface area contributed by atoms with E-state index in [1.165, 1.54) is 17.8 Å². The van der Waals surface area contributed by atoms with Crippen molar-refractivity contribution in [2.24, 2.45) is 4.99 Å². The van der Waals surface area contributed by atoms with Crippen molar-refractivity contribution in [1.29, 1.82) is 0 Å². The molecule has 0 aliphatic carbocycles. The van der Waals surface area contributed by atoms with E-state index in [1.807, 2.05) is 17.7 Å². The summed E-state index contributed by atoms with van der Waals surface area (Å²) in [5.74, 6) is -0.121. The third-order valence-corrected chi connectivity index (χ3v) is 6.62. The highest BCUT2D eigenvalue weighted by atomic mass is 32.2. The van der Waals surface area contributed by atoms with Crippen molar-refractivity contribution in [2.75, 3.05) is 25.0 Å². The van der Waals surface area contributed by atoms with Gasteiger partial charge in [0.2, 0.25) is 0 Å². The lowest BCUT2D eigenvalue weighted by Gasteiger charge is -2.21. The number of ether oxygens (including phenoxy) is 1. The predicted octanol–water partition coefficient (Wildman–Crippen LogP) is 5.41. The number of nitrogens with one attached hydrogen (secondary N) is 2. The number of hydrogen-bond donors (Lipinski definition) is 2. The number of benzene rings is 1. The summed E-state index contributed by atoms with van der Waals surface area (Å²) in [5.41, 5.74) is 1.38. The highest BCUT2D eigenvalue weighted by molar-refractivity contribution is 8.16. The number of aliphatic imine (C=N–C) groups is 1. The van der Waals surface area contributed by atoms with Crippen molar-refractivity contribution in [3.8, 4) is 5.75 Å². The second-order valence-corrected chi connectivity index (χ2v) is 8.85. The van der Waals surface area contributed by atoms with Crippen molar-refractivity contribution in [3.05, 3.63) is 46.0 Å². The van der Waals surface area contributed by atoms with Gasteiger partial charge in [0.15, 0.2) is 5.17 Å². The Morgan fingerprint density at radius 2 is 2.17 bits per heavy atom. The number of alkyl halides is 3. The molecule has 0 bridgehead atoms. The van der Waals surface area contributed by atoms with Gasteiger partial charge in [0.25, 0.3) is 0 Å². The van der Waals surface area contributed by atoms with Gasteiger partial charge in [0.1, 0.15) is 11.2 Å². The summed E-state index contributed by atoms with van der Waals surface area (Å²) in [6, 6.07) is 4.14. The third-order valence-electron chi connectivity index (χ3n) is 4.84. The highest BCUT2D eigenvalue weighted by Crippen LogP contribution is 2.39. The number of thioether (sulfide) groups is 2. The van der Waals surface area contributed by atoms with Gasteiger partial charge < -0.3 is 20.3 Å². The maximum Gasteiger partial charge on any atom is 0.420 e. The molecule has 30 heavy (non-hydrogen) atoms. The van der Waals surface area contributed by atoms with Crippen LogP contribution in [-0.4, -0.2) is 35.3 Å². The van der Waals surface area contributed by atoms with E-state index in [4.69, 9.17) is 4.74 Å². The molecule has 5 nitrogen and oxygen atoms in total. The summed E-state index contributed by atoms with van der Waals surface area (Å²) >= 11 is 3.08. The quantitative estimate of drug-likeness (QED) is 0.511. The zero-order valence-electron chi connectivity index (χ0n) is 16.5. The van der Waals surface area contributed by atoms with Crippen LogP contribution in [0, 0.1) is 0 Å². The van der Waals surface area contributed by atoms with E-state index in [-0.39, 0.29) is 17.9 Å². The van der Waals surface area contributed by atoms with Gasteiger partial charge in [0, 0.05) is 23.0 Å². The normalized spacial score (nSPS) is 20.5. The second-order valence-electron chi connectivity index (χ2n) is 7.04. The number of unbranched alkanes of at least 4 members (excludes halogenated alkanes) is 2. The van der Waals surface area contributed by atoms with Gasteiger partial charge in [-0.1, -0.05) is 43.3 Å². The van der Waals surface area contributed by atoms with E-state index in [9.17, 15) is 13.2 Å². The summed E-state index contributed by atoms with van der Waals surface area (Å²) in [6.45, 7) is 3.96. The third kappa shape index (κ3) is 4.69. The SMILES string of the molecule is CCCCCOc1ccc(NC2NC(C3=CSC4=NCCN34)=CS2)cc1C(F)(F)F. The van der Waals surface area contributed by atoms with Gasteiger partial charge >= 0.3 is 6.18 Å². The summed E-state index contributed by atoms with van der Waals surface area (Å²) in [4.78, 5) is 6.59. The number of amidine groups is 1. The van der Waals surface area contributed by atoms with Crippen LogP contribution in [-0.2, 0) is 6.18 Å². The molecule has 0 saturated heterocycles. The minimum Gasteiger partial charge on any atom is -0.493 e. The molecule has 1 unspecified atom stereocenters. The highest BCUT2D eigenvalue weighted by Gasteiger charge is 2.35. The predicted molar refractivity (Wildman–Crippen MR) is 117 cm³/mol. The van der Waals surface area contributed by atoms with E-state index in [0.29, 0.717) is 5.69 Å². The number of halogens is 3. The molecule has 1 atom stereocenters. The molecule has 0 spiro atoms. The van der Waals surface area contributed by atoms with Gasteiger partial charge in [-0.05, 0) is 24.6 Å². The molecule has 1 aromatic carbocycles. The fraction of sp³-hybridized carbons (Fsp3) is 0.450. The molecular formula is C20H23F3N4OS2. The van der Waals surface area contributed by atoms with Gasteiger partial charge in [-0.3, -0.25) is 4.99 Å². The number of anilines is 1. The molecule has 162 valence electrons. The topological polar surface area (TPSA) is 48.9 Å². The Morgan fingerprint density at radius 1 is 1.30 bits per heavy atom. The fourth-order valence-corrected chi connectivity index (χ4v) is 5.15. The molecule has 2 N–H and O–H groups in total. The van der Waals surface area contributed by atoms with E-state index in [1.54, 1.807) is 17.8 Å². The lowest BCUT2D eigenvalue weighted by molar-refractivity contribution is -0.138. The van der Waals surface area contributed by atoms with Crippen LogP contribution < -0.4 is 15.4 Å². The summed E-state index contributed by atoms with van der Waals surface area (Å²) in [7, 11) is 0. The van der Waals surface area contributed by atoms with E-state index in [0.717, 1.165) is 55.0 Å². The largest absolute Gasteiger partial charge is 0.493 e. The van der Waals surface area contributed by atoms with Gasteiger partial charge in [-0.25, -0.2) is 0 Å². The molecule has 0 aromatic heterocycles.